The van der Waals surface area contributed by atoms with Crippen molar-refractivity contribution in [2.75, 3.05) is 33.3 Å². The maximum absolute atomic E-state index is 5.70. The van der Waals surface area contributed by atoms with Gasteiger partial charge in [0.1, 0.15) is 5.75 Å². The van der Waals surface area contributed by atoms with Gasteiger partial charge in [-0.15, -0.1) is 24.0 Å². The van der Waals surface area contributed by atoms with E-state index in [2.05, 4.69) is 29.1 Å². The highest BCUT2D eigenvalue weighted by Gasteiger charge is 2.30. The second-order valence-corrected chi connectivity index (χ2v) is 6.68. The van der Waals surface area contributed by atoms with Crippen LogP contribution in [0.1, 0.15) is 33.1 Å². The lowest BCUT2D eigenvalue weighted by molar-refractivity contribution is 0.306. The van der Waals surface area contributed by atoms with Crippen molar-refractivity contribution in [3.05, 3.63) is 30.3 Å². The molecule has 0 amide bonds. The minimum atomic E-state index is 0. The van der Waals surface area contributed by atoms with Gasteiger partial charge in [-0.2, -0.15) is 0 Å². The number of hydrogen-bond donors (Lipinski definition) is 1. The molecule has 0 aromatic heterocycles. The van der Waals surface area contributed by atoms with E-state index in [4.69, 9.17) is 4.74 Å². The number of nitrogens with zero attached hydrogens (tertiary/aromatic N) is 2. The van der Waals surface area contributed by atoms with Crippen molar-refractivity contribution in [2.24, 2.45) is 10.4 Å². The van der Waals surface area contributed by atoms with Crippen molar-refractivity contribution < 1.29 is 4.74 Å². The topological polar surface area (TPSA) is 36.9 Å². The molecule has 130 valence electrons. The van der Waals surface area contributed by atoms with E-state index in [1.165, 1.54) is 6.42 Å². The number of ether oxygens (including phenoxy) is 1. The van der Waals surface area contributed by atoms with Crippen LogP contribution in [0.2, 0.25) is 0 Å². The zero-order chi connectivity index (χ0) is 15.8. The normalized spacial score (nSPS) is 16.8. The first-order valence-electron chi connectivity index (χ1n) is 8.24. The number of guanidine groups is 1. The van der Waals surface area contributed by atoms with Crippen LogP contribution in [-0.4, -0.2) is 44.1 Å². The van der Waals surface area contributed by atoms with Gasteiger partial charge >= 0.3 is 0 Å². The number of aliphatic imine (C=N–C) groups is 1. The maximum atomic E-state index is 5.70. The summed E-state index contributed by atoms with van der Waals surface area (Å²) in [4.78, 5) is 6.76. The third kappa shape index (κ3) is 6.97. The van der Waals surface area contributed by atoms with Gasteiger partial charge in [0, 0.05) is 26.7 Å². The number of benzene rings is 1. The molecule has 1 aliphatic heterocycles. The molecule has 4 nitrogen and oxygen atoms in total. The molecule has 1 aliphatic rings. The van der Waals surface area contributed by atoms with Crippen molar-refractivity contribution in [3.8, 4) is 5.75 Å². The summed E-state index contributed by atoms with van der Waals surface area (Å²) >= 11 is 0. The van der Waals surface area contributed by atoms with E-state index in [0.717, 1.165) is 50.8 Å². The molecular formula is C18H30IN3O. The fourth-order valence-electron chi connectivity index (χ4n) is 2.76. The Morgan fingerprint density at radius 2 is 2.00 bits per heavy atom. The van der Waals surface area contributed by atoms with E-state index in [1.54, 1.807) is 0 Å². The van der Waals surface area contributed by atoms with Crippen LogP contribution >= 0.6 is 24.0 Å². The summed E-state index contributed by atoms with van der Waals surface area (Å²) in [6.07, 6.45) is 3.37. The molecule has 1 saturated heterocycles. The van der Waals surface area contributed by atoms with E-state index in [9.17, 15) is 0 Å². The first-order valence-corrected chi connectivity index (χ1v) is 8.24. The zero-order valence-corrected chi connectivity index (χ0v) is 16.9. The minimum absolute atomic E-state index is 0. The number of hydrogen-bond acceptors (Lipinski definition) is 2. The highest BCUT2D eigenvalue weighted by molar-refractivity contribution is 14.0. The van der Waals surface area contributed by atoms with Gasteiger partial charge in [0.15, 0.2) is 5.96 Å². The van der Waals surface area contributed by atoms with Gasteiger partial charge in [-0.05, 0) is 36.8 Å². The number of halogens is 1. The van der Waals surface area contributed by atoms with Crippen molar-refractivity contribution >= 4 is 29.9 Å². The Bertz CT molecular complexity index is 476. The Morgan fingerprint density at radius 1 is 1.26 bits per heavy atom. The van der Waals surface area contributed by atoms with Crippen LogP contribution in [0.25, 0.3) is 0 Å². The van der Waals surface area contributed by atoms with Gasteiger partial charge in [-0.1, -0.05) is 32.0 Å². The van der Waals surface area contributed by atoms with Crippen molar-refractivity contribution in [2.45, 2.75) is 33.1 Å². The van der Waals surface area contributed by atoms with Crippen LogP contribution in [-0.2, 0) is 0 Å². The molecule has 0 radical (unpaired) electrons. The molecule has 1 aromatic carbocycles. The molecule has 1 N–H and O–H groups in total. The van der Waals surface area contributed by atoms with Crippen molar-refractivity contribution in [1.82, 2.24) is 10.2 Å². The van der Waals surface area contributed by atoms with Gasteiger partial charge in [-0.25, -0.2) is 0 Å². The predicted octanol–water partition coefficient (Wildman–Crippen LogP) is 3.77. The van der Waals surface area contributed by atoms with E-state index in [0.29, 0.717) is 5.41 Å². The van der Waals surface area contributed by atoms with E-state index in [1.807, 2.05) is 37.4 Å². The predicted molar refractivity (Wildman–Crippen MR) is 108 cm³/mol. The average molecular weight is 431 g/mol. The first-order chi connectivity index (χ1) is 10.6. The van der Waals surface area contributed by atoms with Gasteiger partial charge in [-0.3, -0.25) is 4.99 Å². The Balaban J connectivity index is 0.00000264. The molecule has 0 atom stereocenters. The summed E-state index contributed by atoms with van der Waals surface area (Å²) < 4.78 is 5.70. The van der Waals surface area contributed by atoms with E-state index in [-0.39, 0.29) is 24.0 Å². The molecule has 0 bridgehead atoms. The molecule has 0 saturated carbocycles. The lowest BCUT2D eigenvalue weighted by atomic mass is 9.93. The lowest BCUT2D eigenvalue weighted by Crippen LogP contribution is -2.41. The number of unbranched alkanes of at least 4 members (excludes halogenated alkanes) is 1. The van der Waals surface area contributed by atoms with Crippen LogP contribution in [0.3, 0.4) is 0 Å². The second-order valence-electron chi connectivity index (χ2n) is 6.68. The number of rotatable bonds is 6. The second kappa shape index (κ2) is 10.0. The molecule has 0 spiro atoms. The third-order valence-corrected chi connectivity index (χ3v) is 4.05. The van der Waals surface area contributed by atoms with Gasteiger partial charge < -0.3 is 15.0 Å². The molecule has 0 aliphatic carbocycles. The molecule has 1 aromatic rings. The highest BCUT2D eigenvalue weighted by atomic mass is 127. The summed E-state index contributed by atoms with van der Waals surface area (Å²) in [5.74, 6) is 1.99. The van der Waals surface area contributed by atoms with Gasteiger partial charge in [0.25, 0.3) is 0 Å². The van der Waals surface area contributed by atoms with Crippen LogP contribution in [0.5, 0.6) is 5.75 Å². The SMILES string of the molecule is CN=C(NCCCCOc1ccccc1)N1CCC(C)(C)C1.I. The van der Waals surface area contributed by atoms with Crippen LogP contribution in [0.15, 0.2) is 35.3 Å². The molecule has 0 unspecified atom stereocenters. The average Bonchev–Trinajstić information content (AvgIpc) is 2.87. The minimum Gasteiger partial charge on any atom is -0.494 e. The summed E-state index contributed by atoms with van der Waals surface area (Å²) in [6, 6.07) is 9.99. The van der Waals surface area contributed by atoms with Gasteiger partial charge in [0.2, 0.25) is 0 Å². The molecule has 23 heavy (non-hydrogen) atoms. The quantitative estimate of drug-likeness (QED) is 0.323. The van der Waals surface area contributed by atoms with Crippen LogP contribution < -0.4 is 10.1 Å². The number of nitrogens with one attached hydrogen (secondary N) is 1. The molecular weight excluding hydrogens is 401 g/mol. The largest absolute Gasteiger partial charge is 0.494 e. The first kappa shape index (κ1) is 20.1. The highest BCUT2D eigenvalue weighted by Crippen LogP contribution is 2.28. The Kier molecular flexibility index (Phi) is 8.73. The molecule has 1 heterocycles. The van der Waals surface area contributed by atoms with Crippen molar-refractivity contribution in [1.29, 1.82) is 0 Å². The summed E-state index contributed by atoms with van der Waals surface area (Å²) in [5.41, 5.74) is 0.404. The maximum Gasteiger partial charge on any atom is 0.193 e. The standard InChI is InChI=1S/C18H29N3O.HI/c1-18(2)11-13-21(15-18)17(19-3)20-12-7-8-14-22-16-9-5-4-6-10-16;/h4-6,9-10H,7-8,11-15H2,1-3H3,(H,19,20);1H. The van der Waals surface area contributed by atoms with Crippen molar-refractivity contribution in [3.63, 3.8) is 0 Å². The van der Waals surface area contributed by atoms with Crippen LogP contribution in [0.4, 0.5) is 0 Å². The van der Waals surface area contributed by atoms with Gasteiger partial charge in [0.05, 0.1) is 6.61 Å². The monoisotopic (exact) mass is 431 g/mol. The Morgan fingerprint density at radius 3 is 2.61 bits per heavy atom. The summed E-state index contributed by atoms with van der Waals surface area (Å²) in [7, 11) is 1.87. The summed E-state index contributed by atoms with van der Waals surface area (Å²) in [6.45, 7) is 8.54. The van der Waals surface area contributed by atoms with Crippen LogP contribution in [0, 0.1) is 5.41 Å². The number of para-hydroxylation sites is 1. The number of likely N-dealkylation sites (tertiary alicyclic amines) is 1. The Labute approximate surface area is 157 Å². The van der Waals surface area contributed by atoms with E-state index >= 15 is 0 Å². The summed E-state index contributed by atoms with van der Waals surface area (Å²) in [5, 5.41) is 3.47. The lowest BCUT2D eigenvalue weighted by Gasteiger charge is -2.23. The molecule has 1 fully saturated rings. The fraction of sp³-hybridized carbons (Fsp3) is 0.611. The Hall–Kier alpha value is -0.980. The molecule has 5 heteroatoms. The smallest absolute Gasteiger partial charge is 0.193 e. The third-order valence-electron chi connectivity index (χ3n) is 4.05. The fourth-order valence-corrected chi connectivity index (χ4v) is 2.76. The van der Waals surface area contributed by atoms with E-state index < -0.39 is 0 Å². The zero-order valence-electron chi connectivity index (χ0n) is 14.5. The molecule has 2 rings (SSSR count).